The summed E-state index contributed by atoms with van der Waals surface area (Å²) in [5, 5.41) is 8.91. The highest BCUT2D eigenvalue weighted by Gasteiger charge is 2.27. The van der Waals surface area contributed by atoms with Crippen molar-refractivity contribution in [1.29, 1.82) is 0 Å². The van der Waals surface area contributed by atoms with E-state index in [0.717, 1.165) is 37.6 Å². The molecule has 1 aromatic carbocycles. The van der Waals surface area contributed by atoms with Crippen molar-refractivity contribution < 1.29 is 9.21 Å². The Morgan fingerprint density at radius 1 is 1.18 bits per heavy atom. The van der Waals surface area contributed by atoms with Crippen molar-refractivity contribution in [2.45, 2.75) is 33.2 Å². The van der Waals surface area contributed by atoms with Crippen molar-refractivity contribution in [3.63, 3.8) is 0 Å². The Morgan fingerprint density at radius 2 is 1.96 bits per heavy atom. The van der Waals surface area contributed by atoms with E-state index in [1.807, 2.05) is 19.1 Å². The third kappa shape index (κ3) is 3.65. The van der Waals surface area contributed by atoms with Gasteiger partial charge in [-0.2, -0.15) is 0 Å². The molecule has 28 heavy (non-hydrogen) atoms. The van der Waals surface area contributed by atoms with Crippen molar-refractivity contribution in [1.82, 2.24) is 14.8 Å². The molecule has 3 aromatic rings. The number of piperidine rings is 1. The number of amides is 1. The molecule has 7 heteroatoms. The second kappa shape index (κ2) is 7.50. The third-order valence-corrected chi connectivity index (χ3v) is 5.30. The highest BCUT2D eigenvalue weighted by molar-refractivity contribution is 5.77. The number of carbonyl (C=O) groups excluding carboxylic acids is 1. The van der Waals surface area contributed by atoms with E-state index in [2.05, 4.69) is 50.9 Å². The van der Waals surface area contributed by atoms with Gasteiger partial charge in [-0.3, -0.25) is 9.36 Å². The average molecular weight is 379 g/mol. The molecule has 0 spiro atoms. The molecule has 3 heterocycles. The van der Waals surface area contributed by atoms with Crippen LogP contribution >= 0.6 is 0 Å². The van der Waals surface area contributed by atoms with Crippen LogP contribution in [0.4, 0.5) is 5.95 Å². The summed E-state index contributed by atoms with van der Waals surface area (Å²) in [5.41, 5.74) is 7.87. The first-order valence-corrected chi connectivity index (χ1v) is 9.61. The van der Waals surface area contributed by atoms with E-state index in [1.165, 1.54) is 11.1 Å². The summed E-state index contributed by atoms with van der Waals surface area (Å²) in [6.45, 7) is 6.12. The molecule has 1 aliphatic rings. The molecule has 1 fully saturated rings. The molecule has 1 aliphatic heterocycles. The van der Waals surface area contributed by atoms with Crippen LogP contribution in [0.5, 0.6) is 0 Å². The van der Waals surface area contributed by atoms with Gasteiger partial charge in [-0.05, 0) is 44.4 Å². The van der Waals surface area contributed by atoms with E-state index < -0.39 is 0 Å². The summed E-state index contributed by atoms with van der Waals surface area (Å²) in [6, 6.07) is 12.3. The van der Waals surface area contributed by atoms with Gasteiger partial charge in [0.15, 0.2) is 5.76 Å². The largest absolute Gasteiger partial charge is 0.458 e. The third-order valence-electron chi connectivity index (χ3n) is 5.30. The number of hydrogen-bond acceptors (Lipinski definition) is 5. The zero-order valence-electron chi connectivity index (χ0n) is 16.3. The molecular weight excluding hydrogens is 354 g/mol. The molecule has 1 amide bonds. The first kappa shape index (κ1) is 18.3. The van der Waals surface area contributed by atoms with E-state index >= 15 is 0 Å². The molecule has 0 radical (unpaired) electrons. The normalized spacial score (nSPS) is 15.1. The second-order valence-electron chi connectivity index (χ2n) is 7.47. The minimum absolute atomic E-state index is 0.0587. The molecule has 0 aliphatic carbocycles. The fourth-order valence-electron chi connectivity index (χ4n) is 3.77. The van der Waals surface area contributed by atoms with Gasteiger partial charge in [0.2, 0.25) is 17.7 Å². The molecule has 146 valence electrons. The number of nitrogens with two attached hydrogens (primary N) is 1. The topological polar surface area (TPSA) is 90.2 Å². The van der Waals surface area contributed by atoms with Gasteiger partial charge >= 0.3 is 0 Å². The van der Waals surface area contributed by atoms with E-state index in [1.54, 1.807) is 0 Å². The Hall–Kier alpha value is -3.09. The van der Waals surface area contributed by atoms with Crippen LogP contribution in [0.25, 0.3) is 11.6 Å². The standard InChI is InChI=1S/C21H25N5O2/c1-14-4-3-5-16(12-14)13-26-20(18-7-6-15(2)28-18)23-24-21(26)25-10-8-17(9-11-25)19(22)27/h3-7,12,17H,8-11,13H2,1-2H3,(H2,22,27). The van der Waals surface area contributed by atoms with Gasteiger partial charge in [0.1, 0.15) is 5.76 Å². The van der Waals surface area contributed by atoms with E-state index in [9.17, 15) is 4.79 Å². The molecule has 0 unspecified atom stereocenters. The van der Waals surface area contributed by atoms with E-state index in [0.29, 0.717) is 18.1 Å². The maximum absolute atomic E-state index is 11.5. The fraction of sp³-hybridized carbons (Fsp3) is 0.381. The lowest BCUT2D eigenvalue weighted by Gasteiger charge is -2.31. The Morgan fingerprint density at radius 3 is 2.61 bits per heavy atom. The first-order valence-electron chi connectivity index (χ1n) is 9.61. The Kier molecular flexibility index (Phi) is 4.90. The van der Waals surface area contributed by atoms with Crippen LogP contribution in [0.3, 0.4) is 0 Å². The second-order valence-corrected chi connectivity index (χ2v) is 7.47. The van der Waals surface area contributed by atoms with Crippen LogP contribution in [-0.4, -0.2) is 33.8 Å². The smallest absolute Gasteiger partial charge is 0.227 e. The summed E-state index contributed by atoms with van der Waals surface area (Å²) in [5.74, 6) is 2.78. The summed E-state index contributed by atoms with van der Waals surface area (Å²) in [6.07, 6.45) is 1.48. The lowest BCUT2D eigenvalue weighted by Crippen LogP contribution is -2.39. The molecule has 0 bridgehead atoms. The molecule has 4 rings (SSSR count). The number of nitrogens with zero attached hydrogens (tertiary/aromatic N) is 4. The number of benzene rings is 1. The predicted molar refractivity (Wildman–Crippen MR) is 107 cm³/mol. The number of hydrogen-bond donors (Lipinski definition) is 1. The van der Waals surface area contributed by atoms with Gasteiger partial charge in [0, 0.05) is 19.0 Å². The number of primary amides is 1. The van der Waals surface area contributed by atoms with Gasteiger partial charge in [0.25, 0.3) is 0 Å². The highest BCUT2D eigenvalue weighted by atomic mass is 16.3. The quantitative estimate of drug-likeness (QED) is 0.736. The number of anilines is 1. The predicted octanol–water partition coefficient (Wildman–Crippen LogP) is 2.90. The van der Waals surface area contributed by atoms with Crippen molar-refractivity contribution in [3.8, 4) is 11.6 Å². The number of furan rings is 1. The SMILES string of the molecule is Cc1cccc(Cn2c(-c3ccc(C)o3)nnc2N2CCC(C(N)=O)CC2)c1. The molecule has 0 atom stereocenters. The number of rotatable bonds is 5. The number of carbonyl (C=O) groups is 1. The van der Waals surface area contributed by atoms with Crippen molar-refractivity contribution in [3.05, 3.63) is 53.3 Å². The van der Waals surface area contributed by atoms with Gasteiger partial charge in [-0.15, -0.1) is 10.2 Å². The first-order chi connectivity index (χ1) is 13.5. The summed E-state index contributed by atoms with van der Waals surface area (Å²) < 4.78 is 7.91. The number of aryl methyl sites for hydroxylation is 2. The summed E-state index contributed by atoms with van der Waals surface area (Å²) >= 11 is 0. The molecule has 2 N–H and O–H groups in total. The molecule has 7 nitrogen and oxygen atoms in total. The molecule has 2 aromatic heterocycles. The van der Waals surface area contributed by atoms with Crippen LogP contribution in [-0.2, 0) is 11.3 Å². The van der Waals surface area contributed by atoms with Gasteiger partial charge in [0.05, 0.1) is 6.54 Å². The van der Waals surface area contributed by atoms with Gasteiger partial charge < -0.3 is 15.1 Å². The zero-order valence-corrected chi connectivity index (χ0v) is 16.3. The van der Waals surface area contributed by atoms with Crippen LogP contribution in [0, 0.1) is 19.8 Å². The lowest BCUT2D eigenvalue weighted by molar-refractivity contribution is -0.122. The average Bonchev–Trinajstić information content (AvgIpc) is 3.28. The van der Waals surface area contributed by atoms with Crippen LogP contribution in [0.15, 0.2) is 40.8 Å². The van der Waals surface area contributed by atoms with Crippen LogP contribution < -0.4 is 10.6 Å². The minimum Gasteiger partial charge on any atom is -0.458 e. The van der Waals surface area contributed by atoms with Crippen molar-refractivity contribution >= 4 is 11.9 Å². The van der Waals surface area contributed by atoms with Crippen molar-refractivity contribution in [2.24, 2.45) is 11.7 Å². The van der Waals surface area contributed by atoms with Crippen molar-refractivity contribution in [2.75, 3.05) is 18.0 Å². The van der Waals surface area contributed by atoms with E-state index in [4.69, 9.17) is 10.2 Å². The van der Waals surface area contributed by atoms with Gasteiger partial charge in [-0.1, -0.05) is 29.8 Å². The Labute approximate surface area is 164 Å². The number of aromatic nitrogens is 3. The maximum Gasteiger partial charge on any atom is 0.227 e. The van der Waals surface area contributed by atoms with Crippen LogP contribution in [0.1, 0.15) is 29.7 Å². The van der Waals surface area contributed by atoms with Crippen LogP contribution in [0.2, 0.25) is 0 Å². The lowest BCUT2D eigenvalue weighted by atomic mass is 9.96. The molecule has 1 saturated heterocycles. The molecule has 0 saturated carbocycles. The summed E-state index contributed by atoms with van der Waals surface area (Å²) in [4.78, 5) is 13.7. The highest BCUT2D eigenvalue weighted by Crippen LogP contribution is 2.28. The summed E-state index contributed by atoms with van der Waals surface area (Å²) in [7, 11) is 0. The maximum atomic E-state index is 11.5. The monoisotopic (exact) mass is 379 g/mol. The molecular formula is C21H25N5O2. The Bertz CT molecular complexity index is 982. The van der Waals surface area contributed by atoms with Gasteiger partial charge in [-0.25, -0.2) is 0 Å². The minimum atomic E-state index is -0.215. The zero-order chi connectivity index (χ0) is 19.7. The van der Waals surface area contributed by atoms with E-state index in [-0.39, 0.29) is 11.8 Å². The fourth-order valence-corrected chi connectivity index (χ4v) is 3.77. The Balaban J connectivity index is 1.68.